The first-order valence-electron chi connectivity index (χ1n) is 9.03. The average molecular weight is 595 g/mol. The van der Waals surface area contributed by atoms with Crippen LogP contribution >= 0.6 is 0 Å². The number of nitrogens with zero attached hydrogens (tertiary/aromatic N) is 1. The van der Waals surface area contributed by atoms with Crippen LogP contribution in [0.15, 0.2) is 0 Å². The van der Waals surface area contributed by atoms with Crippen molar-refractivity contribution in [1.29, 1.82) is 0 Å². The average Bonchev–Trinajstić information content (AvgIpc) is 2.66. The fraction of sp³-hybridized carbons (Fsp3) is 0.867. The van der Waals surface area contributed by atoms with Crippen LogP contribution in [0, 0.1) is 0 Å². The van der Waals surface area contributed by atoms with Gasteiger partial charge < -0.3 is 10.4 Å². The van der Waals surface area contributed by atoms with Gasteiger partial charge >= 0.3 is 53.7 Å². The number of aliphatic carboxylic acids is 1. The van der Waals surface area contributed by atoms with E-state index in [9.17, 15) is 79.8 Å². The van der Waals surface area contributed by atoms with Crippen LogP contribution in [-0.2, 0) is 9.59 Å². The number of amides is 1. The molecule has 0 spiro atoms. The van der Waals surface area contributed by atoms with Gasteiger partial charge in [-0.15, -0.1) is 4.90 Å². The molecule has 0 aromatic rings. The van der Waals surface area contributed by atoms with Crippen molar-refractivity contribution in [1.82, 2.24) is 10.2 Å². The van der Waals surface area contributed by atoms with Crippen LogP contribution in [0.3, 0.4) is 0 Å². The molecule has 1 atom stereocenters. The molecule has 213 valence electrons. The van der Waals surface area contributed by atoms with Gasteiger partial charge in [-0.3, -0.25) is 9.59 Å². The van der Waals surface area contributed by atoms with Crippen LogP contribution in [0.1, 0.15) is 25.7 Å². The summed E-state index contributed by atoms with van der Waals surface area (Å²) in [5, 5.41) is 9.02. The van der Waals surface area contributed by atoms with Crippen molar-refractivity contribution in [3.8, 4) is 0 Å². The van der Waals surface area contributed by atoms with E-state index in [4.69, 9.17) is 5.11 Å². The fourth-order valence-corrected chi connectivity index (χ4v) is 2.88. The Morgan fingerprint density at radius 1 is 0.703 bits per heavy atom. The number of unbranched alkanes of at least 4 members (excludes halogenated alkanes) is 2. The maximum Gasteiger partial charge on any atom is 0.439 e. The van der Waals surface area contributed by atoms with Crippen molar-refractivity contribution in [2.24, 2.45) is 0 Å². The van der Waals surface area contributed by atoms with Crippen LogP contribution in [0.2, 0.25) is 0 Å². The molecule has 2 N–H and O–H groups in total. The second-order valence-electron chi connectivity index (χ2n) is 7.30. The maximum atomic E-state index is 14.6. The van der Waals surface area contributed by atoms with Crippen LogP contribution in [0.5, 0.6) is 0 Å². The number of carbonyl (C=O) groups is 2. The minimum atomic E-state index is -8.07. The van der Waals surface area contributed by atoms with Crippen molar-refractivity contribution in [3.05, 3.63) is 0 Å². The van der Waals surface area contributed by atoms with Crippen LogP contribution < -0.4 is 5.32 Å². The molecule has 0 aromatic heterocycles. The summed E-state index contributed by atoms with van der Waals surface area (Å²) in [7, 11) is 0. The van der Waals surface area contributed by atoms with E-state index in [1.54, 1.807) is 0 Å². The zero-order valence-corrected chi connectivity index (χ0v) is 19.8. The number of alkyl halides is 16. The molecule has 0 aliphatic carbocycles. The van der Waals surface area contributed by atoms with Gasteiger partial charge in [0.2, 0.25) is 0 Å². The predicted octanol–water partition coefficient (Wildman–Crippen LogP) is 4.64. The number of carboxylic acids is 1. The van der Waals surface area contributed by atoms with E-state index in [0.717, 1.165) is 0 Å². The standard InChI is InChI=1S/C15H12F16N2O3.Na/c16-8(12(23,24)25,7(36)32-5-3-1-2-4-6(34)35)13(26,27)33-14(28,29)10(19,20)9(17,18)11(21,22)15(33,30)31;/h1-5H2,(H,32,36)(H,34,35);. The molecular weight excluding hydrogens is 583 g/mol. The molecule has 22 heteroatoms. The molecule has 37 heavy (non-hydrogen) atoms. The third kappa shape index (κ3) is 5.08. The van der Waals surface area contributed by atoms with Crippen molar-refractivity contribution in [3.63, 3.8) is 0 Å². The molecule has 1 amide bonds. The molecule has 1 unspecified atom stereocenters. The first kappa shape index (κ1) is 35.8. The van der Waals surface area contributed by atoms with Gasteiger partial charge in [0.25, 0.3) is 5.91 Å². The summed E-state index contributed by atoms with van der Waals surface area (Å²) in [6.45, 7) is -1.30. The van der Waals surface area contributed by atoms with E-state index in [1.165, 1.54) is 0 Å². The molecule has 0 bridgehead atoms. The van der Waals surface area contributed by atoms with Gasteiger partial charge in [-0.25, -0.2) is 4.39 Å². The van der Waals surface area contributed by atoms with Crippen molar-refractivity contribution in [2.75, 3.05) is 6.54 Å². The number of hydrogen-bond donors (Lipinski definition) is 2. The Morgan fingerprint density at radius 3 is 1.46 bits per heavy atom. The summed E-state index contributed by atoms with van der Waals surface area (Å²) in [6.07, 6.45) is -9.33. The van der Waals surface area contributed by atoms with Gasteiger partial charge in [0.05, 0.1) is 0 Å². The number of carbonyl (C=O) groups excluding carboxylic acids is 1. The Hall–Kier alpha value is -1.22. The van der Waals surface area contributed by atoms with Crippen LogP contribution in [0.25, 0.3) is 0 Å². The first-order valence-corrected chi connectivity index (χ1v) is 9.03. The Balaban J connectivity index is 0.0000130. The fourth-order valence-electron chi connectivity index (χ4n) is 2.88. The van der Waals surface area contributed by atoms with Gasteiger partial charge in [-0.2, -0.15) is 65.9 Å². The smallest absolute Gasteiger partial charge is 0.439 e. The number of nitrogens with one attached hydrogen (secondary N) is 1. The molecule has 1 saturated heterocycles. The number of piperidine rings is 1. The van der Waals surface area contributed by atoms with Crippen molar-refractivity contribution in [2.45, 2.75) is 73.4 Å². The van der Waals surface area contributed by atoms with E-state index in [2.05, 4.69) is 0 Å². The monoisotopic (exact) mass is 595 g/mol. The predicted molar refractivity (Wildman–Crippen MR) is 86.3 cm³/mol. The second-order valence-corrected chi connectivity index (χ2v) is 7.30. The second kappa shape index (κ2) is 10.4. The Morgan fingerprint density at radius 2 is 1.11 bits per heavy atom. The summed E-state index contributed by atoms with van der Waals surface area (Å²) in [4.78, 5) is 17.5. The summed E-state index contributed by atoms with van der Waals surface area (Å²) in [5.41, 5.74) is -7.41. The van der Waals surface area contributed by atoms with E-state index in [1.807, 2.05) is 0 Å². The minimum Gasteiger partial charge on any atom is -0.481 e. The molecule has 1 aliphatic heterocycles. The Labute approximate surface area is 216 Å². The molecule has 0 saturated carbocycles. The van der Waals surface area contributed by atoms with Gasteiger partial charge in [0, 0.05) is 42.5 Å². The molecule has 1 fully saturated rings. The van der Waals surface area contributed by atoms with E-state index < -0.39 is 83.9 Å². The number of hydrogen-bond acceptors (Lipinski definition) is 3. The third-order valence-corrected chi connectivity index (χ3v) is 4.86. The van der Waals surface area contributed by atoms with Crippen LogP contribution in [0.4, 0.5) is 70.2 Å². The first-order chi connectivity index (χ1) is 15.7. The maximum absolute atomic E-state index is 14.6. The van der Waals surface area contributed by atoms with E-state index >= 15 is 0 Å². The van der Waals surface area contributed by atoms with Crippen LogP contribution in [-0.4, -0.2) is 106 Å². The zero-order chi connectivity index (χ0) is 29.0. The number of carboxylic acid groups (broad SMARTS) is 1. The van der Waals surface area contributed by atoms with Gasteiger partial charge in [0.1, 0.15) is 0 Å². The number of halogens is 16. The van der Waals surface area contributed by atoms with Crippen molar-refractivity contribution < 1.29 is 84.9 Å². The van der Waals surface area contributed by atoms with Gasteiger partial charge in [-0.05, 0) is 12.8 Å². The van der Waals surface area contributed by atoms with Gasteiger partial charge in [0.15, 0.2) is 0 Å². The summed E-state index contributed by atoms with van der Waals surface area (Å²) in [6, 6.07) is -24.1. The normalized spacial score (nSPS) is 23.9. The molecule has 1 heterocycles. The topological polar surface area (TPSA) is 69.6 Å². The SMILES string of the molecule is O=C(O)CCCCCNC(=O)C(F)(C(F)(F)F)C(F)(F)N1C(F)(F)C(F)(F)C(F)(F)C(F)(F)C1(F)F.[Na]. The van der Waals surface area contributed by atoms with E-state index in [0.29, 0.717) is 5.32 Å². The third-order valence-electron chi connectivity index (χ3n) is 4.86. The zero-order valence-electron chi connectivity index (χ0n) is 17.8. The quantitative estimate of drug-likeness (QED) is 0.177. The van der Waals surface area contributed by atoms with Crippen molar-refractivity contribution >= 4 is 41.4 Å². The Bertz CT molecular complexity index is 835. The summed E-state index contributed by atoms with van der Waals surface area (Å²) >= 11 is 0. The van der Waals surface area contributed by atoms with E-state index in [-0.39, 0.29) is 42.4 Å². The molecule has 0 aromatic carbocycles. The largest absolute Gasteiger partial charge is 0.481 e. The number of likely N-dealkylation sites (tertiary alicyclic amines) is 1. The summed E-state index contributed by atoms with van der Waals surface area (Å²) < 4.78 is 218. The molecule has 1 rings (SSSR count). The Kier molecular flexibility index (Phi) is 10.1. The molecule has 1 aliphatic rings. The minimum absolute atomic E-state index is 0. The molecule has 1 radical (unpaired) electrons. The van der Waals surface area contributed by atoms with Gasteiger partial charge in [-0.1, -0.05) is 6.42 Å². The molecular formula is C15H12F16N2NaO3. The molecule has 5 nitrogen and oxygen atoms in total. The number of rotatable bonds is 9. The summed E-state index contributed by atoms with van der Waals surface area (Å²) in [5.74, 6) is -29.0.